The Labute approximate surface area is 224 Å². The number of rotatable bonds is 7. The molecule has 2 N–H and O–H groups in total. The van der Waals surface area contributed by atoms with E-state index in [2.05, 4.69) is 46.6 Å². The summed E-state index contributed by atoms with van der Waals surface area (Å²) in [5, 5.41) is 21.7. The van der Waals surface area contributed by atoms with Gasteiger partial charge in [-0.1, -0.05) is 24.3 Å². The molecule has 0 atom stereocenters. The van der Waals surface area contributed by atoms with Crippen LogP contribution in [0.5, 0.6) is 5.75 Å². The zero-order valence-corrected chi connectivity index (χ0v) is 21.8. The largest absolute Gasteiger partial charge is 0.495 e. The highest BCUT2D eigenvalue weighted by Crippen LogP contribution is 2.40. The molecule has 6 rings (SSSR count). The number of carboxylic acid groups (broad SMARTS) is 1. The van der Waals surface area contributed by atoms with E-state index in [4.69, 9.17) is 14.8 Å². The van der Waals surface area contributed by atoms with Gasteiger partial charge in [0.2, 0.25) is 5.95 Å². The Bertz CT molecular complexity index is 1700. The summed E-state index contributed by atoms with van der Waals surface area (Å²) in [5.41, 5.74) is 8.84. The molecule has 0 saturated heterocycles. The zero-order valence-electron chi connectivity index (χ0n) is 21.8. The number of methoxy groups -OCH3 is 1. The molecule has 10 heteroatoms. The highest BCUT2D eigenvalue weighted by atomic mass is 16.5. The molecule has 3 heterocycles. The molecule has 0 saturated carbocycles. The van der Waals surface area contributed by atoms with E-state index in [1.807, 2.05) is 35.0 Å². The maximum atomic E-state index is 11.4. The molecule has 0 amide bonds. The topological polar surface area (TPSA) is 120 Å². The number of aromatic carboxylic acids is 1. The number of benzene rings is 2. The van der Waals surface area contributed by atoms with Gasteiger partial charge in [-0.25, -0.2) is 14.8 Å². The highest BCUT2D eigenvalue weighted by Gasteiger charge is 2.27. The summed E-state index contributed by atoms with van der Waals surface area (Å²) in [5.74, 6) is -0.241. The SMILES string of the molecule is CCn1cc(-c2ccc(-c3c4c(nn3C)CCc3cnc(Nc5ccc(C(=O)O)cc5OC)nc3-4)cc2)cn1. The predicted molar refractivity (Wildman–Crippen MR) is 147 cm³/mol. The van der Waals surface area contributed by atoms with E-state index >= 15 is 0 Å². The molecule has 1 aliphatic rings. The van der Waals surface area contributed by atoms with Crippen molar-refractivity contribution in [2.75, 3.05) is 12.4 Å². The summed E-state index contributed by atoms with van der Waals surface area (Å²) in [7, 11) is 3.46. The van der Waals surface area contributed by atoms with Gasteiger partial charge in [-0.15, -0.1) is 0 Å². The van der Waals surface area contributed by atoms with E-state index in [0.29, 0.717) is 17.4 Å². The Hall–Kier alpha value is -4.99. The number of hydrogen-bond acceptors (Lipinski definition) is 7. The van der Waals surface area contributed by atoms with Crippen molar-refractivity contribution < 1.29 is 14.6 Å². The van der Waals surface area contributed by atoms with Crippen molar-refractivity contribution in [3.63, 3.8) is 0 Å². The lowest BCUT2D eigenvalue weighted by atomic mass is 9.91. The van der Waals surface area contributed by atoms with Gasteiger partial charge in [-0.3, -0.25) is 9.36 Å². The van der Waals surface area contributed by atoms with Crippen molar-refractivity contribution in [2.45, 2.75) is 26.3 Å². The van der Waals surface area contributed by atoms with Crippen LogP contribution in [0.3, 0.4) is 0 Å². The third kappa shape index (κ3) is 4.39. The molecule has 0 radical (unpaired) electrons. The highest BCUT2D eigenvalue weighted by molar-refractivity contribution is 5.89. The van der Waals surface area contributed by atoms with Gasteiger partial charge in [-0.2, -0.15) is 10.2 Å². The number of anilines is 2. The molecule has 0 bridgehead atoms. The van der Waals surface area contributed by atoms with Crippen molar-refractivity contribution in [2.24, 2.45) is 7.05 Å². The second kappa shape index (κ2) is 9.71. The quantitative estimate of drug-likeness (QED) is 0.308. The molecular formula is C29H27N7O3. The first-order valence-corrected chi connectivity index (χ1v) is 12.7. The minimum atomic E-state index is -1.02. The Kier molecular flexibility index (Phi) is 6.07. The first-order valence-electron chi connectivity index (χ1n) is 12.7. The van der Waals surface area contributed by atoms with Gasteiger partial charge in [0.15, 0.2) is 0 Å². The van der Waals surface area contributed by atoms with Gasteiger partial charge < -0.3 is 15.2 Å². The number of aryl methyl sites for hydroxylation is 4. The normalized spacial score (nSPS) is 12.1. The van der Waals surface area contributed by atoms with Crippen LogP contribution in [0.15, 0.2) is 61.1 Å². The number of hydrogen-bond donors (Lipinski definition) is 2. The van der Waals surface area contributed by atoms with Crippen LogP contribution in [-0.2, 0) is 26.4 Å². The monoisotopic (exact) mass is 521 g/mol. The van der Waals surface area contributed by atoms with Crippen molar-refractivity contribution >= 4 is 17.6 Å². The Balaban J connectivity index is 1.37. The van der Waals surface area contributed by atoms with Crippen LogP contribution in [-0.4, -0.2) is 47.7 Å². The lowest BCUT2D eigenvalue weighted by Crippen LogP contribution is -2.09. The first-order chi connectivity index (χ1) is 18.9. The van der Waals surface area contributed by atoms with Gasteiger partial charge in [0, 0.05) is 42.7 Å². The summed E-state index contributed by atoms with van der Waals surface area (Å²) in [4.78, 5) is 20.8. The summed E-state index contributed by atoms with van der Waals surface area (Å²) in [6.07, 6.45) is 7.39. The van der Waals surface area contributed by atoms with E-state index in [9.17, 15) is 9.90 Å². The average molecular weight is 522 g/mol. The lowest BCUT2D eigenvalue weighted by molar-refractivity contribution is 0.0696. The fourth-order valence-corrected chi connectivity index (χ4v) is 5.01. The molecule has 0 fully saturated rings. The van der Waals surface area contributed by atoms with Crippen molar-refractivity contribution in [3.05, 3.63) is 77.9 Å². The molecule has 1 aliphatic carbocycles. The lowest BCUT2D eigenvalue weighted by Gasteiger charge is -2.17. The predicted octanol–water partition coefficient (Wildman–Crippen LogP) is 4.98. The number of carboxylic acids is 1. The van der Waals surface area contributed by atoms with E-state index in [1.54, 1.807) is 6.07 Å². The van der Waals surface area contributed by atoms with Crippen molar-refractivity contribution in [3.8, 4) is 39.4 Å². The van der Waals surface area contributed by atoms with E-state index in [0.717, 1.165) is 64.3 Å². The van der Waals surface area contributed by atoms with Crippen LogP contribution in [0.4, 0.5) is 11.6 Å². The number of aromatic nitrogens is 6. The number of carbonyl (C=O) groups is 1. The van der Waals surface area contributed by atoms with Crippen LogP contribution in [0, 0.1) is 0 Å². The van der Waals surface area contributed by atoms with Gasteiger partial charge in [0.25, 0.3) is 0 Å². The molecule has 0 unspecified atom stereocenters. The van der Waals surface area contributed by atoms with Gasteiger partial charge >= 0.3 is 5.97 Å². The number of nitrogens with zero attached hydrogens (tertiary/aromatic N) is 6. The minimum Gasteiger partial charge on any atom is -0.495 e. The summed E-state index contributed by atoms with van der Waals surface area (Å²) < 4.78 is 9.25. The zero-order chi connectivity index (χ0) is 27.1. The van der Waals surface area contributed by atoms with Crippen LogP contribution in [0.25, 0.3) is 33.6 Å². The molecule has 0 aliphatic heterocycles. The molecule has 0 spiro atoms. The fraction of sp³-hybridized carbons (Fsp3) is 0.207. The standard InChI is InChI=1S/C29H27N7O3/c1-4-36-16-21(15-31-36)17-5-7-18(8-6-17)27-25-23(34-35(27)2)12-10-20-14-30-29(33-26(20)25)32-22-11-9-19(28(37)38)13-24(22)39-3/h5-9,11,13-16H,4,10,12H2,1-3H3,(H,37,38)(H,30,32,33). The Morgan fingerprint density at radius 2 is 1.87 bits per heavy atom. The van der Waals surface area contributed by atoms with Gasteiger partial charge in [0.1, 0.15) is 5.75 Å². The molecule has 3 aromatic heterocycles. The Morgan fingerprint density at radius 1 is 1.08 bits per heavy atom. The van der Waals surface area contributed by atoms with Crippen LogP contribution >= 0.6 is 0 Å². The third-order valence-corrected chi connectivity index (χ3v) is 7.00. The van der Waals surface area contributed by atoms with Crippen molar-refractivity contribution in [1.82, 2.24) is 29.5 Å². The summed E-state index contributed by atoms with van der Waals surface area (Å²) in [6, 6.07) is 13.1. The number of fused-ring (bicyclic) bond motifs is 3. The van der Waals surface area contributed by atoms with Gasteiger partial charge in [-0.05, 0) is 49.1 Å². The molecular weight excluding hydrogens is 494 g/mol. The third-order valence-electron chi connectivity index (χ3n) is 7.00. The first kappa shape index (κ1) is 24.4. The number of nitrogens with one attached hydrogen (secondary N) is 1. The molecule has 2 aromatic carbocycles. The minimum absolute atomic E-state index is 0.138. The van der Waals surface area contributed by atoms with Gasteiger partial charge in [0.05, 0.1) is 41.6 Å². The average Bonchev–Trinajstić information content (AvgIpc) is 3.57. The summed E-state index contributed by atoms with van der Waals surface area (Å²) >= 11 is 0. The molecule has 196 valence electrons. The maximum Gasteiger partial charge on any atom is 0.335 e. The molecule has 10 nitrogen and oxygen atoms in total. The van der Waals surface area contributed by atoms with Crippen molar-refractivity contribution in [1.29, 1.82) is 0 Å². The fourth-order valence-electron chi connectivity index (χ4n) is 5.01. The van der Waals surface area contributed by atoms with E-state index in [1.165, 1.54) is 19.2 Å². The number of ether oxygens (including phenoxy) is 1. The summed E-state index contributed by atoms with van der Waals surface area (Å²) in [6.45, 7) is 2.90. The second-order valence-electron chi connectivity index (χ2n) is 9.37. The van der Waals surface area contributed by atoms with E-state index < -0.39 is 5.97 Å². The molecule has 5 aromatic rings. The Morgan fingerprint density at radius 3 is 2.59 bits per heavy atom. The van der Waals surface area contributed by atoms with E-state index in [-0.39, 0.29) is 5.56 Å². The van der Waals surface area contributed by atoms with Crippen LogP contribution in [0.1, 0.15) is 28.5 Å². The van der Waals surface area contributed by atoms with Crippen LogP contribution in [0.2, 0.25) is 0 Å². The molecule has 39 heavy (non-hydrogen) atoms. The smallest absolute Gasteiger partial charge is 0.335 e. The second-order valence-corrected chi connectivity index (χ2v) is 9.37. The maximum absolute atomic E-state index is 11.4. The van der Waals surface area contributed by atoms with Crippen LogP contribution < -0.4 is 10.1 Å².